The molecule has 0 nitrogen and oxygen atoms in total. The fraction of sp³-hybridized carbons (Fsp3) is 0.800. The van der Waals surface area contributed by atoms with Crippen molar-refractivity contribution in [3.8, 4) is 0 Å². The third kappa shape index (κ3) is 1.40. The maximum atomic E-state index is 2.59. The molecule has 0 aromatic carbocycles. The highest BCUT2D eigenvalue weighted by molar-refractivity contribution is 5.24. The Morgan fingerprint density at radius 1 is 1.27 bits per heavy atom. The molecule has 2 bridgehead atoms. The van der Waals surface area contributed by atoms with E-state index >= 15 is 0 Å². The Morgan fingerprint density at radius 3 is 2.67 bits per heavy atom. The monoisotopic (exact) mass is 203 g/mol. The highest BCUT2D eigenvalue weighted by Crippen LogP contribution is 2.59. The SMILES string of the molecule is CC(C)C1CCCC1C12C=CC([CH]C1)C2. The molecule has 0 amide bonds. The molecule has 2 saturated carbocycles. The molecule has 0 saturated heterocycles. The van der Waals surface area contributed by atoms with E-state index in [0.717, 1.165) is 23.7 Å². The molecule has 0 aliphatic heterocycles. The minimum Gasteiger partial charge on any atom is -0.0845 e. The minimum atomic E-state index is 0.607. The van der Waals surface area contributed by atoms with Crippen LogP contribution in [-0.4, -0.2) is 0 Å². The van der Waals surface area contributed by atoms with Crippen LogP contribution in [0.2, 0.25) is 0 Å². The summed E-state index contributed by atoms with van der Waals surface area (Å²) in [5.41, 5.74) is 0.607. The summed E-state index contributed by atoms with van der Waals surface area (Å²) < 4.78 is 0. The zero-order valence-electron chi connectivity index (χ0n) is 10.1. The van der Waals surface area contributed by atoms with Crippen LogP contribution in [0.5, 0.6) is 0 Å². The zero-order chi connectivity index (χ0) is 10.5. The van der Waals surface area contributed by atoms with Gasteiger partial charge in [0.1, 0.15) is 0 Å². The topological polar surface area (TPSA) is 0 Å². The molecule has 4 atom stereocenters. The van der Waals surface area contributed by atoms with Crippen LogP contribution in [0, 0.1) is 35.5 Å². The molecule has 1 radical (unpaired) electrons. The van der Waals surface area contributed by atoms with Gasteiger partial charge in [-0.25, -0.2) is 0 Å². The lowest BCUT2D eigenvalue weighted by molar-refractivity contribution is 0.155. The van der Waals surface area contributed by atoms with Gasteiger partial charge in [0, 0.05) is 0 Å². The van der Waals surface area contributed by atoms with E-state index in [9.17, 15) is 0 Å². The molecule has 0 heteroatoms. The van der Waals surface area contributed by atoms with Gasteiger partial charge >= 0.3 is 0 Å². The van der Waals surface area contributed by atoms with Gasteiger partial charge in [-0.1, -0.05) is 32.4 Å². The highest BCUT2D eigenvalue weighted by atomic mass is 14.5. The van der Waals surface area contributed by atoms with Crippen molar-refractivity contribution < 1.29 is 0 Å². The van der Waals surface area contributed by atoms with Crippen LogP contribution in [-0.2, 0) is 0 Å². The summed E-state index contributed by atoms with van der Waals surface area (Å²) in [7, 11) is 0. The summed E-state index contributed by atoms with van der Waals surface area (Å²) >= 11 is 0. The second-order valence-electron chi connectivity index (χ2n) is 6.35. The summed E-state index contributed by atoms with van der Waals surface area (Å²) in [4.78, 5) is 0. The standard InChI is InChI=1S/C15H23/c1-11(2)13-4-3-5-14(13)15-8-6-12(10-15)7-9-15/h6-8,11-14H,3-5,9-10H2,1-2H3. The van der Waals surface area contributed by atoms with E-state index in [-0.39, 0.29) is 0 Å². The molecule has 0 N–H and O–H groups in total. The largest absolute Gasteiger partial charge is 0.0845 e. The first-order chi connectivity index (χ1) is 7.21. The molecule has 15 heavy (non-hydrogen) atoms. The van der Waals surface area contributed by atoms with E-state index in [1.54, 1.807) is 0 Å². The van der Waals surface area contributed by atoms with Gasteiger partial charge in [0.2, 0.25) is 0 Å². The fourth-order valence-electron chi connectivity index (χ4n) is 4.50. The molecule has 3 aliphatic rings. The number of hydrogen-bond donors (Lipinski definition) is 0. The van der Waals surface area contributed by atoms with Gasteiger partial charge in [0.15, 0.2) is 0 Å². The van der Waals surface area contributed by atoms with Gasteiger partial charge in [-0.05, 0) is 61.2 Å². The molecule has 3 rings (SSSR count). The van der Waals surface area contributed by atoms with E-state index in [1.807, 2.05) is 0 Å². The van der Waals surface area contributed by atoms with Crippen LogP contribution in [0.25, 0.3) is 0 Å². The average Bonchev–Trinajstić information content (AvgIpc) is 2.93. The first-order valence-corrected chi connectivity index (χ1v) is 6.74. The smallest absolute Gasteiger partial charge is 0.00785 e. The lowest BCUT2D eigenvalue weighted by Crippen LogP contribution is -2.30. The molecule has 3 aliphatic carbocycles. The number of allylic oxidation sites excluding steroid dienone is 2. The van der Waals surface area contributed by atoms with Crippen molar-refractivity contribution in [1.82, 2.24) is 0 Å². The molecular formula is C15H23. The van der Waals surface area contributed by atoms with Crippen LogP contribution in [0.4, 0.5) is 0 Å². The van der Waals surface area contributed by atoms with E-state index in [0.29, 0.717) is 5.41 Å². The van der Waals surface area contributed by atoms with E-state index < -0.39 is 0 Å². The van der Waals surface area contributed by atoms with Crippen LogP contribution in [0.15, 0.2) is 12.2 Å². The summed E-state index contributed by atoms with van der Waals surface area (Å²) in [5, 5.41) is 0. The van der Waals surface area contributed by atoms with Crippen molar-refractivity contribution in [2.75, 3.05) is 0 Å². The van der Waals surface area contributed by atoms with E-state index in [2.05, 4.69) is 32.4 Å². The van der Waals surface area contributed by atoms with E-state index in [4.69, 9.17) is 0 Å². The number of fused-ring (bicyclic) bond motifs is 2. The Bertz CT molecular complexity index is 276. The second-order valence-corrected chi connectivity index (χ2v) is 6.35. The molecular weight excluding hydrogens is 180 g/mol. The molecule has 83 valence electrons. The molecule has 0 heterocycles. The summed E-state index contributed by atoms with van der Waals surface area (Å²) in [6.07, 6.45) is 14.9. The highest BCUT2D eigenvalue weighted by Gasteiger charge is 2.50. The van der Waals surface area contributed by atoms with Crippen molar-refractivity contribution in [2.45, 2.75) is 46.0 Å². The molecule has 4 unspecified atom stereocenters. The summed E-state index contributed by atoms with van der Waals surface area (Å²) in [5.74, 6) is 3.72. The van der Waals surface area contributed by atoms with Crippen molar-refractivity contribution >= 4 is 0 Å². The molecule has 0 aromatic heterocycles. The Hall–Kier alpha value is -0.260. The normalized spacial score (nSPS) is 48.3. The number of rotatable bonds is 2. The summed E-state index contributed by atoms with van der Waals surface area (Å²) in [6, 6.07) is 0. The predicted molar refractivity (Wildman–Crippen MR) is 64.3 cm³/mol. The van der Waals surface area contributed by atoms with Crippen LogP contribution < -0.4 is 0 Å². The fourth-order valence-corrected chi connectivity index (χ4v) is 4.50. The van der Waals surface area contributed by atoms with Crippen LogP contribution >= 0.6 is 0 Å². The van der Waals surface area contributed by atoms with Gasteiger partial charge in [0.25, 0.3) is 0 Å². The molecule has 0 spiro atoms. The zero-order valence-corrected chi connectivity index (χ0v) is 10.1. The quantitative estimate of drug-likeness (QED) is 0.589. The van der Waals surface area contributed by atoms with Crippen molar-refractivity contribution in [2.24, 2.45) is 29.1 Å². The van der Waals surface area contributed by atoms with Gasteiger partial charge < -0.3 is 0 Å². The van der Waals surface area contributed by atoms with E-state index in [1.165, 1.54) is 32.1 Å². The predicted octanol–water partition coefficient (Wildman–Crippen LogP) is 4.23. The molecule has 2 fully saturated rings. The van der Waals surface area contributed by atoms with Gasteiger partial charge in [-0.15, -0.1) is 0 Å². The Kier molecular flexibility index (Phi) is 2.23. The lowest BCUT2D eigenvalue weighted by Gasteiger charge is -2.37. The van der Waals surface area contributed by atoms with Gasteiger partial charge in [-0.2, -0.15) is 0 Å². The van der Waals surface area contributed by atoms with Crippen molar-refractivity contribution in [3.63, 3.8) is 0 Å². The van der Waals surface area contributed by atoms with Crippen molar-refractivity contribution in [3.05, 3.63) is 18.6 Å². The molecule has 0 aromatic rings. The minimum absolute atomic E-state index is 0.607. The second kappa shape index (κ2) is 3.37. The number of hydrogen-bond acceptors (Lipinski definition) is 0. The third-order valence-corrected chi connectivity index (χ3v) is 5.26. The average molecular weight is 203 g/mol. The van der Waals surface area contributed by atoms with Crippen LogP contribution in [0.3, 0.4) is 0 Å². The Labute approximate surface area is 94.1 Å². The maximum absolute atomic E-state index is 2.59. The summed E-state index contributed by atoms with van der Waals surface area (Å²) in [6.45, 7) is 4.85. The Balaban J connectivity index is 1.84. The van der Waals surface area contributed by atoms with Gasteiger partial charge in [0.05, 0.1) is 0 Å². The van der Waals surface area contributed by atoms with Crippen molar-refractivity contribution in [1.29, 1.82) is 0 Å². The maximum Gasteiger partial charge on any atom is -0.00785 e. The first-order valence-electron chi connectivity index (χ1n) is 6.74. The lowest BCUT2D eigenvalue weighted by atomic mass is 9.67. The van der Waals surface area contributed by atoms with Crippen LogP contribution in [0.1, 0.15) is 46.0 Å². The first kappa shape index (κ1) is 9.93. The Morgan fingerprint density at radius 2 is 2.13 bits per heavy atom. The third-order valence-electron chi connectivity index (χ3n) is 5.26. The van der Waals surface area contributed by atoms with Gasteiger partial charge in [-0.3, -0.25) is 0 Å².